The van der Waals surface area contributed by atoms with Gasteiger partial charge < -0.3 is 5.73 Å². The normalized spacial score (nSPS) is 21.6. The molecule has 1 heterocycles. The largest absolute Gasteiger partial charge is 0.389 e. The zero-order valence-electron chi connectivity index (χ0n) is 9.95. The van der Waals surface area contributed by atoms with E-state index >= 15 is 0 Å². The molecule has 0 unspecified atom stereocenters. The van der Waals surface area contributed by atoms with Crippen molar-refractivity contribution in [2.45, 2.75) is 56.8 Å². The van der Waals surface area contributed by atoms with E-state index < -0.39 is 0 Å². The molecule has 0 saturated heterocycles. The molecule has 1 aromatic heterocycles. The Labute approximate surface area is 112 Å². The van der Waals surface area contributed by atoms with Gasteiger partial charge in [0.25, 0.3) is 0 Å². The summed E-state index contributed by atoms with van der Waals surface area (Å²) in [6.45, 7) is 0. The molecule has 1 aromatic rings. The Hall–Kier alpha value is -0.480. The quantitative estimate of drug-likeness (QED) is 0.848. The SMILES string of the molecule is NC(=S)c1sc(C2CCCCC2)nc1C1CC1. The van der Waals surface area contributed by atoms with Gasteiger partial charge in [-0.2, -0.15) is 0 Å². The zero-order valence-corrected chi connectivity index (χ0v) is 11.6. The van der Waals surface area contributed by atoms with Gasteiger partial charge in [-0.1, -0.05) is 31.5 Å². The van der Waals surface area contributed by atoms with Gasteiger partial charge in [-0.3, -0.25) is 0 Å². The van der Waals surface area contributed by atoms with Crippen molar-refractivity contribution in [3.63, 3.8) is 0 Å². The third-order valence-electron chi connectivity index (χ3n) is 3.81. The Kier molecular flexibility index (Phi) is 3.17. The average molecular weight is 266 g/mol. The van der Waals surface area contributed by atoms with Gasteiger partial charge in [0.15, 0.2) is 0 Å². The summed E-state index contributed by atoms with van der Waals surface area (Å²) in [5.74, 6) is 1.33. The van der Waals surface area contributed by atoms with Gasteiger partial charge in [-0.15, -0.1) is 11.3 Å². The lowest BCUT2D eigenvalue weighted by molar-refractivity contribution is 0.442. The Balaban J connectivity index is 1.89. The highest BCUT2D eigenvalue weighted by molar-refractivity contribution is 7.81. The van der Waals surface area contributed by atoms with E-state index in [0.29, 0.717) is 16.8 Å². The Morgan fingerprint density at radius 2 is 1.82 bits per heavy atom. The number of thiocarbonyl (C=S) groups is 1. The first-order chi connectivity index (χ1) is 8.25. The summed E-state index contributed by atoms with van der Waals surface area (Å²) >= 11 is 6.92. The molecule has 0 aromatic carbocycles. The first-order valence-electron chi connectivity index (χ1n) is 6.56. The van der Waals surface area contributed by atoms with Gasteiger partial charge in [-0.25, -0.2) is 4.98 Å². The lowest BCUT2D eigenvalue weighted by Gasteiger charge is -2.18. The maximum Gasteiger partial charge on any atom is 0.116 e. The number of rotatable bonds is 3. The van der Waals surface area contributed by atoms with Crippen LogP contribution in [0.4, 0.5) is 0 Å². The lowest BCUT2D eigenvalue weighted by Crippen LogP contribution is -2.09. The van der Waals surface area contributed by atoms with E-state index in [1.54, 1.807) is 11.3 Å². The van der Waals surface area contributed by atoms with Crippen LogP contribution < -0.4 is 5.73 Å². The van der Waals surface area contributed by atoms with E-state index in [4.69, 9.17) is 22.9 Å². The van der Waals surface area contributed by atoms with Crippen LogP contribution in [0, 0.1) is 0 Å². The fourth-order valence-corrected chi connectivity index (χ4v) is 4.09. The molecule has 2 N–H and O–H groups in total. The molecule has 0 amide bonds. The van der Waals surface area contributed by atoms with Crippen molar-refractivity contribution >= 4 is 28.5 Å². The molecule has 2 fully saturated rings. The van der Waals surface area contributed by atoms with Crippen molar-refractivity contribution in [2.24, 2.45) is 5.73 Å². The molecule has 0 aliphatic heterocycles. The maximum atomic E-state index is 5.82. The van der Waals surface area contributed by atoms with Gasteiger partial charge in [0.2, 0.25) is 0 Å². The van der Waals surface area contributed by atoms with Crippen LogP contribution in [-0.4, -0.2) is 9.97 Å². The predicted octanol–water partition coefficient (Wildman–Crippen LogP) is 3.70. The highest BCUT2D eigenvalue weighted by atomic mass is 32.1. The van der Waals surface area contributed by atoms with Crippen LogP contribution in [0.3, 0.4) is 0 Å². The van der Waals surface area contributed by atoms with Crippen molar-refractivity contribution in [1.29, 1.82) is 0 Å². The van der Waals surface area contributed by atoms with E-state index in [1.165, 1.54) is 55.6 Å². The number of nitrogens with zero attached hydrogens (tertiary/aromatic N) is 1. The molecule has 2 saturated carbocycles. The number of hydrogen-bond donors (Lipinski definition) is 1. The second-order valence-electron chi connectivity index (χ2n) is 5.24. The van der Waals surface area contributed by atoms with Gasteiger partial charge in [0, 0.05) is 11.8 Å². The van der Waals surface area contributed by atoms with Gasteiger partial charge >= 0.3 is 0 Å². The summed E-state index contributed by atoms with van der Waals surface area (Å²) in [5.41, 5.74) is 7.04. The molecule has 92 valence electrons. The Morgan fingerprint density at radius 3 is 2.41 bits per heavy atom. The third kappa shape index (κ3) is 2.38. The standard InChI is InChI=1S/C13H18N2S2/c14-12(16)11-10(8-6-7-8)15-13(17-11)9-4-2-1-3-5-9/h8-9H,1-7H2,(H2,14,16). The minimum absolute atomic E-state index is 0.548. The fourth-order valence-electron chi connectivity index (χ4n) is 2.68. The number of thiazole rings is 1. The van der Waals surface area contributed by atoms with Crippen molar-refractivity contribution in [1.82, 2.24) is 4.98 Å². The Bertz CT molecular complexity index is 429. The van der Waals surface area contributed by atoms with E-state index in [2.05, 4.69) is 0 Å². The van der Waals surface area contributed by atoms with Crippen molar-refractivity contribution in [2.75, 3.05) is 0 Å². The van der Waals surface area contributed by atoms with E-state index in [1.807, 2.05) is 0 Å². The van der Waals surface area contributed by atoms with Gasteiger partial charge in [-0.05, 0) is 25.7 Å². The van der Waals surface area contributed by atoms with Crippen LogP contribution in [0.25, 0.3) is 0 Å². The summed E-state index contributed by atoms with van der Waals surface area (Å²) in [4.78, 5) is 6.52. The Morgan fingerprint density at radius 1 is 1.12 bits per heavy atom. The number of hydrogen-bond acceptors (Lipinski definition) is 3. The van der Waals surface area contributed by atoms with E-state index in [-0.39, 0.29) is 0 Å². The van der Waals surface area contributed by atoms with Crippen LogP contribution in [0.5, 0.6) is 0 Å². The summed E-state index contributed by atoms with van der Waals surface area (Å²) in [7, 11) is 0. The molecule has 2 aliphatic rings. The molecule has 17 heavy (non-hydrogen) atoms. The summed E-state index contributed by atoms with van der Waals surface area (Å²) < 4.78 is 0. The molecular formula is C13H18N2S2. The second kappa shape index (κ2) is 4.65. The molecule has 0 atom stereocenters. The smallest absolute Gasteiger partial charge is 0.116 e. The van der Waals surface area contributed by atoms with Gasteiger partial charge in [0.1, 0.15) is 4.99 Å². The number of aromatic nitrogens is 1. The van der Waals surface area contributed by atoms with Crippen LogP contribution in [0.2, 0.25) is 0 Å². The first kappa shape index (κ1) is 11.6. The molecule has 0 bridgehead atoms. The maximum absolute atomic E-state index is 5.82. The first-order valence-corrected chi connectivity index (χ1v) is 7.78. The van der Waals surface area contributed by atoms with Crippen LogP contribution in [-0.2, 0) is 0 Å². The summed E-state index contributed by atoms with van der Waals surface area (Å²) in [6.07, 6.45) is 9.23. The van der Waals surface area contributed by atoms with Crippen LogP contribution in [0.1, 0.15) is 72.4 Å². The molecule has 2 aliphatic carbocycles. The van der Waals surface area contributed by atoms with E-state index in [0.717, 1.165) is 4.88 Å². The van der Waals surface area contributed by atoms with Gasteiger partial charge in [0.05, 0.1) is 15.6 Å². The lowest BCUT2D eigenvalue weighted by atomic mass is 9.90. The monoisotopic (exact) mass is 266 g/mol. The third-order valence-corrected chi connectivity index (χ3v) is 5.41. The average Bonchev–Trinajstić information content (AvgIpc) is 3.09. The van der Waals surface area contributed by atoms with Crippen molar-refractivity contribution in [3.8, 4) is 0 Å². The minimum Gasteiger partial charge on any atom is -0.389 e. The summed E-state index contributed by atoms with van der Waals surface area (Å²) in [6, 6.07) is 0. The molecule has 2 nitrogen and oxygen atoms in total. The van der Waals surface area contributed by atoms with Crippen molar-refractivity contribution < 1.29 is 0 Å². The topological polar surface area (TPSA) is 38.9 Å². The zero-order chi connectivity index (χ0) is 11.8. The van der Waals surface area contributed by atoms with Crippen molar-refractivity contribution in [3.05, 3.63) is 15.6 Å². The molecule has 4 heteroatoms. The van der Waals surface area contributed by atoms with Crippen LogP contribution >= 0.6 is 23.6 Å². The van der Waals surface area contributed by atoms with Crippen LogP contribution in [0.15, 0.2) is 0 Å². The molecule has 3 rings (SSSR count). The molecule has 0 radical (unpaired) electrons. The highest BCUT2D eigenvalue weighted by Crippen LogP contribution is 2.45. The fraction of sp³-hybridized carbons (Fsp3) is 0.692. The summed E-state index contributed by atoms with van der Waals surface area (Å²) in [5, 5.41) is 1.30. The predicted molar refractivity (Wildman–Crippen MR) is 75.8 cm³/mol. The minimum atomic E-state index is 0.548. The van der Waals surface area contributed by atoms with E-state index in [9.17, 15) is 0 Å². The molecular weight excluding hydrogens is 248 g/mol. The highest BCUT2D eigenvalue weighted by Gasteiger charge is 2.32. The molecule has 0 spiro atoms. The second-order valence-corrected chi connectivity index (χ2v) is 6.71. The number of nitrogens with two attached hydrogens (primary N) is 1.